The van der Waals surface area contributed by atoms with Crippen molar-refractivity contribution in [3.63, 3.8) is 0 Å². The lowest BCUT2D eigenvalue weighted by Gasteiger charge is -2.08. The van der Waals surface area contributed by atoms with E-state index in [-0.39, 0.29) is 11.4 Å². The number of pyridine rings is 1. The average molecular weight is 273 g/mol. The molecule has 2 rings (SSSR count). The van der Waals surface area contributed by atoms with Crippen molar-refractivity contribution in [3.8, 4) is 11.5 Å². The Labute approximate surface area is 116 Å². The summed E-state index contributed by atoms with van der Waals surface area (Å²) >= 11 is 0. The van der Waals surface area contributed by atoms with E-state index in [0.717, 1.165) is 5.56 Å². The standard InChI is InChI=1S/C14H15N3O3/c1-10-4-3-5-13(14(10)17(18)19)20-12-6-11(7-15-2)8-16-9-12/h3-6,8-9,15H,7H2,1-2H3. The highest BCUT2D eigenvalue weighted by atomic mass is 16.6. The van der Waals surface area contributed by atoms with Gasteiger partial charge in [0.1, 0.15) is 5.75 Å². The number of aromatic nitrogens is 1. The number of rotatable bonds is 5. The number of nitrogens with zero attached hydrogens (tertiary/aromatic N) is 2. The summed E-state index contributed by atoms with van der Waals surface area (Å²) in [4.78, 5) is 14.7. The largest absolute Gasteiger partial charge is 0.448 e. The molecule has 1 heterocycles. The highest BCUT2D eigenvalue weighted by Crippen LogP contribution is 2.33. The lowest BCUT2D eigenvalue weighted by molar-refractivity contribution is -0.386. The van der Waals surface area contributed by atoms with E-state index in [1.807, 2.05) is 7.05 Å². The molecule has 6 nitrogen and oxygen atoms in total. The van der Waals surface area contributed by atoms with Crippen LogP contribution in [0, 0.1) is 17.0 Å². The summed E-state index contributed by atoms with van der Waals surface area (Å²) in [5.74, 6) is 0.699. The van der Waals surface area contributed by atoms with Crippen LogP contribution in [0.2, 0.25) is 0 Å². The van der Waals surface area contributed by atoms with Crippen LogP contribution >= 0.6 is 0 Å². The number of hydrogen-bond acceptors (Lipinski definition) is 5. The topological polar surface area (TPSA) is 77.3 Å². The van der Waals surface area contributed by atoms with Gasteiger partial charge in [0.25, 0.3) is 0 Å². The molecule has 1 N–H and O–H groups in total. The molecule has 0 atom stereocenters. The zero-order valence-corrected chi connectivity index (χ0v) is 11.3. The van der Waals surface area contributed by atoms with Gasteiger partial charge in [0.05, 0.1) is 11.1 Å². The molecular formula is C14H15N3O3. The van der Waals surface area contributed by atoms with Crippen LogP contribution in [0.5, 0.6) is 11.5 Å². The number of aryl methyl sites for hydroxylation is 1. The van der Waals surface area contributed by atoms with Crippen molar-refractivity contribution >= 4 is 5.69 Å². The number of nitro benzene ring substituents is 1. The van der Waals surface area contributed by atoms with Crippen LogP contribution in [0.4, 0.5) is 5.69 Å². The molecule has 0 saturated carbocycles. The van der Waals surface area contributed by atoms with Gasteiger partial charge in [-0.2, -0.15) is 0 Å². The molecular weight excluding hydrogens is 258 g/mol. The molecule has 0 unspecified atom stereocenters. The Morgan fingerprint density at radius 3 is 2.90 bits per heavy atom. The van der Waals surface area contributed by atoms with E-state index in [0.29, 0.717) is 17.9 Å². The fourth-order valence-corrected chi connectivity index (χ4v) is 1.90. The molecule has 1 aromatic carbocycles. The molecule has 0 amide bonds. The zero-order chi connectivity index (χ0) is 14.5. The fourth-order valence-electron chi connectivity index (χ4n) is 1.90. The Bertz CT molecular complexity index is 629. The average Bonchev–Trinajstić information content (AvgIpc) is 2.39. The molecule has 0 saturated heterocycles. The third-order valence-electron chi connectivity index (χ3n) is 2.76. The monoisotopic (exact) mass is 273 g/mol. The van der Waals surface area contributed by atoms with Gasteiger partial charge >= 0.3 is 5.69 Å². The van der Waals surface area contributed by atoms with Crippen LogP contribution in [0.3, 0.4) is 0 Å². The maximum Gasteiger partial charge on any atom is 0.314 e. The van der Waals surface area contributed by atoms with Crippen molar-refractivity contribution in [2.75, 3.05) is 7.05 Å². The minimum Gasteiger partial charge on any atom is -0.448 e. The smallest absolute Gasteiger partial charge is 0.314 e. The SMILES string of the molecule is CNCc1cncc(Oc2cccc(C)c2[N+](=O)[O-])c1. The number of para-hydroxylation sites is 1. The Morgan fingerprint density at radius 2 is 2.20 bits per heavy atom. The third kappa shape index (κ3) is 3.10. The number of nitrogens with one attached hydrogen (secondary N) is 1. The Kier molecular flexibility index (Phi) is 4.27. The molecule has 2 aromatic rings. The predicted molar refractivity (Wildman–Crippen MR) is 74.9 cm³/mol. The maximum absolute atomic E-state index is 11.1. The lowest BCUT2D eigenvalue weighted by Crippen LogP contribution is -2.05. The first-order chi connectivity index (χ1) is 9.61. The summed E-state index contributed by atoms with van der Waals surface area (Å²) in [6.45, 7) is 2.33. The molecule has 104 valence electrons. The van der Waals surface area contributed by atoms with Crippen LogP contribution in [0.15, 0.2) is 36.7 Å². The van der Waals surface area contributed by atoms with Crippen molar-refractivity contribution in [2.24, 2.45) is 0 Å². The molecule has 0 radical (unpaired) electrons. The minimum absolute atomic E-state index is 0.0217. The second-order valence-electron chi connectivity index (χ2n) is 4.34. The van der Waals surface area contributed by atoms with E-state index in [4.69, 9.17) is 4.74 Å². The van der Waals surface area contributed by atoms with Gasteiger partial charge in [0, 0.05) is 18.3 Å². The predicted octanol–water partition coefficient (Wildman–Crippen LogP) is 2.81. The Morgan fingerprint density at radius 1 is 1.40 bits per heavy atom. The van der Waals surface area contributed by atoms with Gasteiger partial charge in [-0.1, -0.05) is 12.1 Å². The maximum atomic E-state index is 11.1. The first kappa shape index (κ1) is 14.0. The van der Waals surface area contributed by atoms with E-state index in [2.05, 4.69) is 10.3 Å². The van der Waals surface area contributed by atoms with Gasteiger partial charge in [-0.15, -0.1) is 0 Å². The number of hydrogen-bond donors (Lipinski definition) is 1. The zero-order valence-electron chi connectivity index (χ0n) is 11.3. The van der Waals surface area contributed by atoms with Gasteiger partial charge in [-0.05, 0) is 31.7 Å². The number of benzene rings is 1. The van der Waals surface area contributed by atoms with Crippen molar-refractivity contribution < 1.29 is 9.66 Å². The summed E-state index contributed by atoms with van der Waals surface area (Å²) < 4.78 is 5.61. The van der Waals surface area contributed by atoms with Gasteiger partial charge in [0.15, 0.2) is 0 Å². The number of ether oxygens (including phenoxy) is 1. The third-order valence-corrected chi connectivity index (χ3v) is 2.76. The second-order valence-corrected chi connectivity index (χ2v) is 4.34. The van der Waals surface area contributed by atoms with Gasteiger partial charge in [0.2, 0.25) is 5.75 Å². The van der Waals surface area contributed by atoms with E-state index in [1.165, 1.54) is 6.20 Å². The Balaban J connectivity index is 2.32. The quantitative estimate of drug-likeness (QED) is 0.669. The van der Waals surface area contributed by atoms with E-state index < -0.39 is 4.92 Å². The van der Waals surface area contributed by atoms with Gasteiger partial charge in [-0.25, -0.2) is 0 Å². The molecule has 0 fully saturated rings. The van der Waals surface area contributed by atoms with Gasteiger partial charge < -0.3 is 10.1 Å². The first-order valence-electron chi connectivity index (χ1n) is 6.12. The van der Waals surface area contributed by atoms with Crippen LogP contribution in [0.1, 0.15) is 11.1 Å². The highest BCUT2D eigenvalue weighted by Gasteiger charge is 2.18. The summed E-state index contributed by atoms with van der Waals surface area (Å²) in [7, 11) is 1.83. The molecule has 0 aliphatic carbocycles. The van der Waals surface area contributed by atoms with E-state index in [9.17, 15) is 10.1 Å². The summed E-state index contributed by atoms with van der Waals surface area (Å²) in [5.41, 5.74) is 1.48. The minimum atomic E-state index is -0.435. The van der Waals surface area contributed by atoms with Crippen molar-refractivity contribution in [3.05, 3.63) is 57.9 Å². The molecule has 0 spiro atoms. The first-order valence-corrected chi connectivity index (χ1v) is 6.12. The Hall–Kier alpha value is -2.47. The van der Waals surface area contributed by atoms with E-state index in [1.54, 1.807) is 37.4 Å². The molecule has 0 aliphatic heterocycles. The summed E-state index contributed by atoms with van der Waals surface area (Å²) in [6, 6.07) is 6.79. The summed E-state index contributed by atoms with van der Waals surface area (Å²) in [5, 5.41) is 14.1. The van der Waals surface area contributed by atoms with Crippen LogP contribution in [-0.2, 0) is 6.54 Å². The fraction of sp³-hybridized carbons (Fsp3) is 0.214. The van der Waals surface area contributed by atoms with Crippen molar-refractivity contribution in [2.45, 2.75) is 13.5 Å². The van der Waals surface area contributed by atoms with Gasteiger partial charge in [-0.3, -0.25) is 15.1 Å². The van der Waals surface area contributed by atoms with Crippen LogP contribution in [0.25, 0.3) is 0 Å². The van der Waals surface area contributed by atoms with Crippen LogP contribution < -0.4 is 10.1 Å². The number of nitro groups is 1. The molecule has 0 aliphatic rings. The molecule has 1 aromatic heterocycles. The molecule has 0 bridgehead atoms. The highest BCUT2D eigenvalue weighted by molar-refractivity contribution is 5.53. The summed E-state index contributed by atoms with van der Waals surface area (Å²) in [6.07, 6.45) is 3.25. The van der Waals surface area contributed by atoms with Crippen molar-refractivity contribution in [1.29, 1.82) is 0 Å². The van der Waals surface area contributed by atoms with Crippen LogP contribution in [-0.4, -0.2) is 17.0 Å². The molecule has 6 heteroatoms. The molecule has 20 heavy (non-hydrogen) atoms. The van der Waals surface area contributed by atoms with E-state index >= 15 is 0 Å². The normalized spacial score (nSPS) is 10.3. The lowest BCUT2D eigenvalue weighted by atomic mass is 10.2. The second kappa shape index (κ2) is 6.12. The van der Waals surface area contributed by atoms with Crippen molar-refractivity contribution in [1.82, 2.24) is 10.3 Å².